The number of fused-ring (bicyclic) bond motifs is 1. The summed E-state index contributed by atoms with van der Waals surface area (Å²) in [6, 6.07) is 20.3. The van der Waals surface area contributed by atoms with Gasteiger partial charge in [-0.3, -0.25) is 4.99 Å². The summed E-state index contributed by atoms with van der Waals surface area (Å²) in [7, 11) is 0. The van der Waals surface area contributed by atoms with Crippen LogP contribution in [0.1, 0.15) is 5.69 Å². The molecule has 4 heteroatoms. The first kappa shape index (κ1) is 13.0. The van der Waals surface area contributed by atoms with Gasteiger partial charge in [0, 0.05) is 11.8 Å². The van der Waals surface area contributed by atoms with Gasteiger partial charge in [-0.25, -0.2) is 4.98 Å². The molecule has 0 spiro atoms. The molecular weight excluding hydrogens is 290 g/mol. The van der Waals surface area contributed by atoms with Gasteiger partial charge in [0.2, 0.25) is 0 Å². The summed E-state index contributed by atoms with van der Waals surface area (Å²) in [5.74, 6) is 0. The molecule has 0 atom stereocenters. The first-order chi connectivity index (χ1) is 10.9. The van der Waals surface area contributed by atoms with Crippen LogP contribution >= 0.6 is 11.3 Å². The summed E-state index contributed by atoms with van der Waals surface area (Å²) in [5.41, 5.74) is 4.10. The van der Waals surface area contributed by atoms with E-state index < -0.39 is 0 Å². The maximum Gasteiger partial charge on any atom is 0.124 e. The molecular formula is C18H13N3S. The SMILES string of the molecule is C(=Nc1ccc(-c2nc3ccccc3s2)cc1)c1ccc[nH]1. The molecule has 0 aliphatic heterocycles. The first-order valence-corrected chi connectivity index (χ1v) is 7.84. The lowest BCUT2D eigenvalue weighted by Gasteiger charge is -1.97. The van der Waals surface area contributed by atoms with Crippen LogP contribution in [0.5, 0.6) is 0 Å². The molecule has 2 heterocycles. The second-order valence-electron chi connectivity index (χ2n) is 4.92. The zero-order chi connectivity index (χ0) is 14.8. The predicted octanol–water partition coefficient (Wildman–Crippen LogP) is 5.04. The normalized spacial score (nSPS) is 11.5. The molecule has 22 heavy (non-hydrogen) atoms. The number of aliphatic imine (C=N–C) groups is 1. The van der Waals surface area contributed by atoms with E-state index in [-0.39, 0.29) is 0 Å². The van der Waals surface area contributed by atoms with Crippen molar-refractivity contribution in [1.82, 2.24) is 9.97 Å². The molecule has 0 aliphatic carbocycles. The second-order valence-corrected chi connectivity index (χ2v) is 5.95. The van der Waals surface area contributed by atoms with Gasteiger partial charge in [0.1, 0.15) is 5.01 Å². The number of aromatic nitrogens is 2. The zero-order valence-electron chi connectivity index (χ0n) is 11.7. The number of hydrogen-bond donors (Lipinski definition) is 1. The molecule has 0 radical (unpaired) electrons. The number of para-hydroxylation sites is 1. The van der Waals surface area contributed by atoms with Crippen LogP contribution in [0.3, 0.4) is 0 Å². The third-order valence-electron chi connectivity index (χ3n) is 3.38. The third-order valence-corrected chi connectivity index (χ3v) is 4.47. The van der Waals surface area contributed by atoms with E-state index in [1.807, 2.05) is 54.9 Å². The predicted molar refractivity (Wildman–Crippen MR) is 93.1 cm³/mol. The van der Waals surface area contributed by atoms with Crippen LogP contribution in [-0.4, -0.2) is 16.2 Å². The molecule has 3 nitrogen and oxygen atoms in total. The molecule has 0 fully saturated rings. The van der Waals surface area contributed by atoms with Crippen molar-refractivity contribution in [1.29, 1.82) is 0 Å². The van der Waals surface area contributed by atoms with Gasteiger partial charge in [0.15, 0.2) is 0 Å². The van der Waals surface area contributed by atoms with Gasteiger partial charge in [-0.2, -0.15) is 0 Å². The van der Waals surface area contributed by atoms with Crippen molar-refractivity contribution in [3.8, 4) is 10.6 Å². The lowest BCUT2D eigenvalue weighted by atomic mass is 10.2. The summed E-state index contributed by atoms with van der Waals surface area (Å²) in [4.78, 5) is 12.2. The Balaban J connectivity index is 1.61. The lowest BCUT2D eigenvalue weighted by molar-refractivity contribution is 1.38. The molecule has 106 valence electrons. The standard InChI is InChI=1S/C18H13N3S/c1-2-6-17-16(5-1)21-18(22-17)13-7-9-14(10-8-13)20-12-15-4-3-11-19-15/h1-12,19H. The number of benzene rings is 2. The van der Waals surface area contributed by atoms with Gasteiger partial charge in [-0.05, 0) is 48.5 Å². The van der Waals surface area contributed by atoms with Crippen LogP contribution < -0.4 is 0 Å². The molecule has 4 aromatic rings. The Morgan fingerprint density at radius 1 is 0.955 bits per heavy atom. The number of thiazole rings is 1. The Morgan fingerprint density at radius 2 is 1.82 bits per heavy atom. The maximum atomic E-state index is 4.67. The van der Waals surface area contributed by atoms with E-state index in [1.54, 1.807) is 11.3 Å². The van der Waals surface area contributed by atoms with Crippen molar-refractivity contribution in [3.05, 3.63) is 72.6 Å². The number of rotatable bonds is 3. The molecule has 2 aromatic heterocycles. The van der Waals surface area contributed by atoms with Crippen LogP contribution in [0.4, 0.5) is 5.69 Å². The zero-order valence-corrected chi connectivity index (χ0v) is 12.5. The maximum absolute atomic E-state index is 4.67. The summed E-state index contributed by atoms with van der Waals surface area (Å²) in [5, 5.41) is 1.04. The van der Waals surface area contributed by atoms with Crippen molar-refractivity contribution in [3.63, 3.8) is 0 Å². The third kappa shape index (κ3) is 2.56. The Kier molecular flexibility index (Phi) is 3.29. The Labute approximate surface area is 132 Å². The molecule has 0 aliphatic rings. The average Bonchev–Trinajstić information content (AvgIpc) is 3.22. The molecule has 0 amide bonds. The van der Waals surface area contributed by atoms with Crippen LogP contribution in [0.25, 0.3) is 20.8 Å². The monoisotopic (exact) mass is 303 g/mol. The van der Waals surface area contributed by atoms with Gasteiger partial charge >= 0.3 is 0 Å². The van der Waals surface area contributed by atoms with Crippen molar-refractivity contribution >= 4 is 33.5 Å². The number of nitrogens with zero attached hydrogens (tertiary/aromatic N) is 2. The smallest absolute Gasteiger partial charge is 0.124 e. The van der Waals surface area contributed by atoms with E-state index in [4.69, 9.17) is 0 Å². The molecule has 0 saturated carbocycles. The van der Waals surface area contributed by atoms with E-state index in [9.17, 15) is 0 Å². The van der Waals surface area contributed by atoms with Gasteiger partial charge in [-0.15, -0.1) is 11.3 Å². The first-order valence-electron chi connectivity index (χ1n) is 7.02. The average molecular weight is 303 g/mol. The molecule has 4 rings (SSSR count). The van der Waals surface area contributed by atoms with E-state index in [0.717, 1.165) is 27.5 Å². The van der Waals surface area contributed by atoms with Crippen molar-refractivity contribution in [2.45, 2.75) is 0 Å². The highest BCUT2D eigenvalue weighted by molar-refractivity contribution is 7.21. The van der Waals surface area contributed by atoms with Crippen molar-refractivity contribution in [2.24, 2.45) is 4.99 Å². The highest BCUT2D eigenvalue weighted by Gasteiger charge is 2.05. The fourth-order valence-corrected chi connectivity index (χ4v) is 3.23. The van der Waals surface area contributed by atoms with E-state index >= 15 is 0 Å². The Bertz CT molecular complexity index is 886. The minimum Gasteiger partial charge on any atom is -0.360 e. The van der Waals surface area contributed by atoms with E-state index in [1.165, 1.54) is 4.70 Å². The van der Waals surface area contributed by atoms with Gasteiger partial charge < -0.3 is 4.98 Å². The van der Waals surface area contributed by atoms with Gasteiger partial charge in [0.05, 0.1) is 27.8 Å². The quantitative estimate of drug-likeness (QED) is 0.529. The largest absolute Gasteiger partial charge is 0.360 e. The molecule has 0 unspecified atom stereocenters. The highest BCUT2D eigenvalue weighted by Crippen LogP contribution is 2.30. The van der Waals surface area contributed by atoms with Crippen LogP contribution in [-0.2, 0) is 0 Å². The second kappa shape index (κ2) is 5.58. The van der Waals surface area contributed by atoms with Crippen molar-refractivity contribution in [2.75, 3.05) is 0 Å². The Morgan fingerprint density at radius 3 is 2.59 bits per heavy atom. The van der Waals surface area contributed by atoms with Gasteiger partial charge in [-0.1, -0.05) is 12.1 Å². The highest BCUT2D eigenvalue weighted by atomic mass is 32.1. The minimum absolute atomic E-state index is 0.930. The number of aromatic amines is 1. The van der Waals surface area contributed by atoms with Crippen molar-refractivity contribution < 1.29 is 0 Å². The molecule has 1 N–H and O–H groups in total. The van der Waals surface area contributed by atoms with Gasteiger partial charge in [0.25, 0.3) is 0 Å². The Hall–Kier alpha value is -2.72. The number of H-pyrrole nitrogens is 1. The van der Waals surface area contributed by atoms with Crippen LogP contribution in [0.15, 0.2) is 71.9 Å². The number of nitrogens with one attached hydrogen (secondary N) is 1. The lowest BCUT2D eigenvalue weighted by Crippen LogP contribution is -1.79. The molecule has 0 bridgehead atoms. The van der Waals surface area contributed by atoms with Crippen LogP contribution in [0.2, 0.25) is 0 Å². The summed E-state index contributed by atoms with van der Waals surface area (Å²) >= 11 is 1.71. The minimum atomic E-state index is 0.930. The number of hydrogen-bond acceptors (Lipinski definition) is 3. The van der Waals surface area contributed by atoms with E-state index in [0.29, 0.717) is 0 Å². The van der Waals surface area contributed by atoms with E-state index in [2.05, 4.69) is 33.2 Å². The summed E-state index contributed by atoms with van der Waals surface area (Å²) in [6.07, 6.45) is 3.71. The topological polar surface area (TPSA) is 41.0 Å². The molecule has 2 aromatic carbocycles. The summed E-state index contributed by atoms with van der Waals surface area (Å²) in [6.45, 7) is 0. The van der Waals surface area contributed by atoms with Crippen LogP contribution in [0, 0.1) is 0 Å². The fourth-order valence-electron chi connectivity index (χ4n) is 2.25. The fraction of sp³-hybridized carbons (Fsp3) is 0. The molecule has 0 saturated heterocycles. The summed E-state index contributed by atoms with van der Waals surface area (Å²) < 4.78 is 1.21.